The number of nitrogens with zero attached hydrogens (tertiary/aromatic N) is 1. The quantitative estimate of drug-likeness (QED) is 0.690. The summed E-state index contributed by atoms with van der Waals surface area (Å²) in [6.07, 6.45) is -9.54. The van der Waals surface area contributed by atoms with Crippen molar-refractivity contribution in [3.63, 3.8) is 0 Å². The predicted molar refractivity (Wildman–Crippen MR) is 85.6 cm³/mol. The number of halogens is 6. The molecule has 2 rings (SSSR count). The fraction of sp³-hybridized carbons (Fsp3) is 0.200. The average Bonchev–Trinajstić information content (AvgIpc) is 2.56. The van der Waals surface area contributed by atoms with Crippen molar-refractivity contribution in [1.29, 1.82) is 0 Å². The van der Waals surface area contributed by atoms with Gasteiger partial charge in [0.2, 0.25) is 0 Å². The lowest BCUT2D eigenvalue weighted by Gasteiger charge is -2.15. The Hall–Kier alpha value is -3.03. The fourth-order valence-electron chi connectivity index (χ4n) is 2.17. The van der Waals surface area contributed by atoms with Crippen LogP contribution in [0.4, 0.5) is 32.0 Å². The van der Waals surface area contributed by atoms with Crippen LogP contribution in [-0.4, -0.2) is 24.1 Å². The molecular formula is C15H10F6N2O5S. The third-order valence-electron chi connectivity index (χ3n) is 3.44. The van der Waals surface area contributed by atoms with E-state index >= 15 is 0 Å². The van der Waals surface area contributed by atoms with Gasteiger partial charge in [0.1, 0.15) is 12.2 Å². The number of carboxylic acids is 1. The van der Waals surface area contributed by atoms with Crippen LogP contribution in [-0.2, 0) is 33.7 Å². The molecule has 1 aromatic carbocycles. The van der Waals surface area contributed by atoms with Crippen molar-refractivity contribution < 1.29 is 44.7 Å². The van der Waals surface area contributed by atoms with Crippen LogP contribution in [0.25, 0.3) is 0 Å². The van der Waals surface area contributed by atoms with Crippen LogP contribution in [0, 0.1) is 0 Å². The molecule has 0 aliphatic heterocycles. The van der Waals surface area contributed by atoms with Crippen LogP contribution in [0.15, 0.2) is 46.2 Å². The molecule has 14 heteroatoms. The first-order valence-corrected chi connectivity index (χ1v) is 8.83. The maximum Gasteiger partial charge on any atom is 0.416 e. The van der Waals surface area contributed by atoms with Gasteiger partial charge < -0.3 is 9.67 Å². The van der Waals surface area contributed by atoms with Crippen LogP contribution in [0.5, 0.6) is 0 Å². The van der Waals surface area contributed by atoms with Gasteiger partial charge in [0.15, 0.2) is 0 Å². The van der Waals surface area contributed by atoms with E-state index in [1.807, 2.05) is 0 Å². The Morgan fingerprint density at radius 1 is 1.03 bits per heavy atom. The second-order valence-corrected chi connectivity index (χ2v) is 7.28. The van der Waals surface area contributed by atoms with Gasteiger partial charge in [-0.2, -0.15) is 26.3 Å². The third kappa shape index (κ3) is 5.28. The van der Waals surface area contributed by atoms with Gasteiger partial charge in [0.05, 0.1) is 16.0 Å². The number of alkyl halides is 6. The summed E-state index contributed by atoms with van der Waals surface area (Å²) in [4.78, 5) is 21.4. The predicted octanol–water partition coefficient (Wildman–Crippen LogP) is 2.77. The van der Waals surface area contributed by atoms with E-state index in [0.717, 1.165) is 18.3 Å². The lowest BCUT2D eigenvalue weighted by Crippen LogP contribution is -2.28. The number of rotatable bonds is 5. The van der Waals surface area contributed by atoms with E-state index in [-0.39, 0.29) is 18.2 Å². The number of carbonyl (C=O) groups is 1. The van der Waals surface area contributed by atoms with Gasteiger partial charge in [0.25, 0.3) is 15.6 Å². The first kappa shape index (κ1) is 22.3. The summed E-state index contributed by atoms with van der Waals surface area (Å²) in [7, 11) is -5.06. The Labute approximate surface area is 158 Å². The molecule has 0 saturated carbocycles. The van der Waals surface area contributed by atoms with Crippen molar-refractivity contribution in [3.05, 3.63) is 58.0 Å². The second-order valence-electron chi connectivity index (χ2n) is 5.60. The summed E-state index contributed by atoms with van der Waals surface area (Å²) in [5.41, 5.74) is -5.64. The Morgan fingerprint density at radius 3 is 2.00 bits per heavy atom. The second kappa shape index (κ2) is 7.42. The molecular weight excluding hydrogens is 434 g/mol. The molecule has 0 atom stereocenters. The van der Waals surface area contributed by atoms with Crippen LogP contribution in [0.2, 0.25) is 0 Å². The van der Waals surface area contributed by atoms with Gasteiger partial charge in [-0.15, -0.1) is 0 Å². The number of aromatic nitrogens is 1. The molecule has 2 N–H and O–H groups in total. The topological polar surface area (TPSA) is 105 Å². The highest BCUT2D eigenvalue weighted by atomic mass is 32.2. The lowest BCUT2D eigenvalue weighted by atomic mass is 10.1. The molecule has 0 amide bonds. The molecule has 158 valence electrons. The van der Waals surface area contributed by atoms with Gasteiger partial charge in [-0.05, 0) is 30.3 Å². The Balaban J connectivity index is 2.57. The molecule has 0 unspecified atom stereocenters. The van der Waals surface area contributed by atoms with E-state index in [1.54, 1.807) is 4.72 Å². The van der Waals surface area contributed by atoms with E-state index in [2.05, 4.69) is 0 Å². The highest BCUT2D eigenvalue weighted by Gasteiger charge is 2.38. The molecule has 0 bridgehead atoms. The number of carboxylic acid groups (broad SMARTS) is 1. The minimum atomic E-state index is -5.27. The van der Waals surface area contributed by atoms with E-state index in [0.29, 0.717) is 4.57 Å². The summed E-state index contributed by atoms with van der Waals surface area (Å²) in [6, 6.07) is 1.65. The molecule has 1 heterocycles. The number of anilines is 1. The van der Waals surface area contributed by atoms with Gasteiger partial charge in [-0.25, -0.2) is 8.42 Å². The van der Waals surface area contributed by atoms with Crippen molar-refractivity contribution in [2.75, 3.05) is 4.72 Å². The van der Waals surface area contributed by atoms with E-state index < -0.39 is 62.2 Å². The van der Waals surface area contributed by atoms with E-state index in [9.17, 15) is 44.3 Å². The number of hydrogen-bond donors (Lipinski definition) is 2. The molecule has 1 aromatic heterocycles. The van der Waals surface area contributed by atoms with Crippen molar-refractivity contribution in [1.82, 2.24) is 4.57 Å². The van der Waals surface area contributed by atoms with E-state index in [1.165, 1.54) is 0 Å². The molecule has 0 aliphatic carbocycles. The van der Waals surface area contributed by atoms with Crippen LogP contribution in [0.1, 0.15) is 11.1 Å². The lowest BCUT2D eigenvalue weighted by molar-refractivity contribution is -0.143. The van der Waals surface area contributed by atoms with E-state index in [4.69, 9.17) is 5.11 Å². The SMILES string of the molecule is O=C(O)Cn1cccc(NS(=O)(=O)c2cc(C(F)(F)F)cc(C(F)(F)F)c2)c1=O. The minimum absolute atomic E-state index is 0.0176. The molecule has 0 radical (unpaired) electrons. The number of sulfonamides is 1. The highest BCUT2D eigenvalue weighted by molar-refractivity contribution is 7.92. The maximum atomic E-state index is 12.9. The highest BCUT2D eigenvalue weighted by Crippen LogP contribution is 2.37. The summed E-state index contributed by atoms with van der Waals surface area (Å²) in [5, 5.41) is 8.69. The normalized spacial score (nSPS) is 12.6. The number of hydrogen-bond acceptors (Lipinski definition) is 4. The summed E-state index contributed by atoms with van der Waals surface area (Å²) in [6.45, 7) is -0.851. The fourth-order valence-corrected chi connectivity index (χ4v) is 3.30. The zero-order valence-electron chi connectivity index (χ0n) is 13.9. The molecule has 2 aromatic rings. The van der Waals surface area contributed by atoms with Crippen molar-refractivity contribution >= 4 is 21.7 Å². The molecule has 29 heavy (non-hydrogen) atoms. The number of pyridine rings is 1. The smallest absolute Gasteiger partial charge is 0.416 e. The Morgan fingerprint density at radius 2 is 1.55 bits per heavy atom. The van der Waals surface area contributed by atoms with Gasteiger partial charge in [-0.1, -0.05) is 0 Å². The van der Waals surface area contributed by atoms with Gasteiger partial charge in [0, 0.05) is 6.20 Å². The van der Waals surface area contributed by atoms with Crippen LogP contribution in [0.3, 0.4) is 0 Å². The summed E-state index contributed by atoms with van der Waals surface area (Å²) in [5.74, 6) is -1.44. The van der Waals surface area contributed by atoms with Gasteiger partial charge in [-0.3, -0.25) is 14.3 Å². The zero-order chi connectivity index (χ0) is 22.2. The maximum absolute atomic E-state index is 12.9. The average molecular weight is 444 g/mol. The number of aliphatic carboxylic acids is 1. The third-order valence-corrected chi connectivity index (χ3v) is 4.79. The van der Waals surface area contributed by atoms with Gasteiger partial charge >= 0.3 is 18.3 Å². The number of benzene rings is 1. The Bertz CT molecular complexity index is 1070. The largest absolute Gasteiger partial charge is 0.480 e. The van der Waals surface area contributed by atoms with Crippen LogP contribution < -0.4 is 10.3 Å². The van der Waals surface area contributed by atoms with Crippen molar-refractivity contribution in [3.8, 4) is 0 Å². The molecule has 0 saturated heterocycles. The van der Waals surface area contributed by atoms with Crippen molar-refractivity contribution in [2.45, 2.75) is 23.8 Å². The molecule has 0 fully saturated rings. The summed E-state index contributed by atoms with van der Waals surface area (Å²) < 4.78 is 104. The Kier molecular flexibility index (Phi) is 5.70. The summed E-state index contributed by atoms with van der Waals surface area (Å²) >= 11 is 0. The number of nitrogens with one attached hydrogen (secondary N) is 1. The standard InChI is InChI=1S/C15H10F6N2O5S/c16-14(17,18)8-4-9(15(19,20)21)6-10(5-8)29(27,28)22-11-2-1-3-23(13(11)26)7-12(24)25/h1-6,22H,7H2,(H,24,25). The zero-order valence-corrected chi connectivity index (χ0v) is 14.7. The van der Waals surface area contributed by atoms with Crippen LogP contribution >= 0.6 is 0 Å². The minimum Gasteiger partial charge on any atom is -0.480 e. The first-order valence-electron chi connectivity index (χ1n) is 7.35. The molecule has 0 spiro atoms. The first-order chi connectivity index (χ1) is 13.1. The monoisotopic (exact) mass is 444 g/mol. The van der Waals surface area contributed by atoms with Crippen molar-refractivity contribution in [2.24, 2.45) is 0 Å². The molecule has 7 nitrogen and oxygen atoms in total. The molecule has 0 aliphatic rings.